The Morgan fingerprint density at radius 2 is 1.94 bits per heavy atom. The van der Waals surface area contributed by atoms with Crippen molar-refractivity contribution < 1.29 is 17.9 Å². The molecule has 0 unspecified atom stereocenters. The van der Waals surface area contributed by atoms with Gasteiger partial charge in [0.1, 0.15) is 10.6 Å². The number of amides is 1. The van der Waals surface area contributed by atoms with Crippen LogP contribution in [0.15, 0.2) is 66.1 Å². The van der Waals surface area contributed by atoms with Crippen LogP contribution in [0, 0.1) is 0 Å². The molecule has 1 aliphatic rings. The highest BCUT2D eigenvalue weighted by molar-refractivity contribution is 7.89. The average Bonchev–Trinajstić information content (AvgIpc) is 3.39. The highest BCUT2D eigenvalue weighted by Crippen LogP contribution is 2.28. The number of hydrogen-bond acceptors (Lipinski definition) is 5. The van der Waals surface area contributed by atoms with E-state index in [0.29, 0.717) is 0 Å². The van der Waals surface area contributed by atoms with Gasteiger partial charge in [0.2, 0.25) is 10.0 Å². The fourth-order valence-corrected chi connectivity index (χ4v) is 4.72. The molecular weight excluding hydrogens is 416 g/mol. The summed E-state index contributed by atoms with van der Waals surface area (Å²) in [5, 5.41) is 2.92. The zero-order valence-electron chi connectivity index (χ0n) is 17.3. The zero-order chi connectivity index (χ0) is 22.0. The smallest absolute Gasteiger partial charge is 0.251 e. The van der Waals surface area contributed by atoms with Crippen LogP contribution in [0.25, 0.3) is 5.69 Å². The van der Waals surface area contributed by atoms with E-state index in [0.717, 1.165) is 24.1 Å². The molecule has 1 amide bonds. The summed E-state index contributed by atoms with van der Waals surface area (Å²) in [5.74, 6) is -0.162. The Labute approximate surface area is 181 Å². The number of nitrogens with one attached hydrogen (secondary N) is 2. The molecule has 0 saturated heterocycles. The Balaban J connectivity index is 1.50. The molecule has 1 aromatic heterocycles. The monoisotopic (exact) mass is 440 g/mol. The van der Waals surface area contributed by atoms with Crippen molar-refractivity contribution in [2.24, 2.45) is 0 Å². The molecule has 1 saturated carbocycles. The largest absolute Gasteiger partial charge is 0.495 e. The maximum absolute atomic E-state index is 12.8. The van der Waals surface area contributed by atoms with E-state index in [1.165, 1.54) is 19.2 Å². The van der Waals surface area contributed by atoms with Crippen molar-refractivity contribution in [3.63, 3.8) is 0 Å². The number of methoxy groups -OCH3 is 1. The van der Waals surface area contributed by atoms with Gasteiger partial charge < -0.3 is 14.6 Å². The molecule has 0 spiro atoms. The van der Waals surface area contributed by atoms with Crippen molar-refractivity contribution in [2.75, 3.05) is 7.11 Å². The molecule has 1 heterocycles. The SMILES string of the molecule is COc1ccc(C(=O)N[C@H](C)c2ccc(-n3ccnc3)cc2)cc1S(=O)(=O)NC1CC1. The fourth-order valence-electron chi connectivity index (χ4n) is 3.22. The van der Waals surface area contributed by atoms with Gasteiger partial charge in [0, 0.05) is 29.7 Å². The lowest BCUT2D eigenvalue weighted by molar-refractivity contribution is 0.0939. The van der Waals surface area contributed by atoms with Gasteiger partial charge in [-0.25, -0.2) is 18.1 Å². The number of benzene rings is 2. The second-order valence-corrected chi connectivity index (χ2v) is 9.20. The summed E-state index contributed by atoms with van der Waals surface area (Å²) in [6.45, 7) is 1.87. The predicted octanol–water partition coefficient (Wildman–Crippen LogP) is 2.81. The van der Waals surface area contributed by atoms with Crippen LogP contribution in [0.5, 0.6) is 5.75 Å². The van der Waals surface area contributed by atoms with Crippen molar-refractivity contribution in [2.45, 2.75) is 36.7 Å². The van der Waals surface area contributed by atoms with Crippen LogP contribution in [-0.4, -0.2) is 37.0 Å². The first kappa shape index (κ1) is 21.1. The highest BCUT2D eigenvalue weighted by atomic mass is 32.2. The third-order valence-corrected chi connectivity index (χ3v) is 6.70. The second-order valence-electron chi connectivity index (χ2n) is 7.52. The van der Waals surface area contributed by atoms with Gasteiger partial charge in [-0.15, -0.1) is 0 Å². The molecule has 3 aromatic rings. The van der Waals surface area contributed by atoms with Crippen molar-refractivity contribution in [3.8, 4) is 11.4 Å². The Morgan fingerprint density at radius 3 is 2.55 bits per heavy atom. The number of sulfonamides is 1. The number of hydrogen-bond donors (Lipinski definition) is 2. The molecule has 2 N–H and O–H groups in total. The van der Waals surface area contributed by atoms with E-state index in [-0.39, 0.29) is 34.2 Å². The lowest BCUT2D eigenvalue weighted by atomic mass is 10.1. The standard InChI is InChI=1S/C22H24N4O4S/c1-15(16-3-8-19(9-4-16)26-12-11-23-14-26)24-22(27)17-5-10-20(30-2)21(13-17)31(28,29)25-18-6-7-18/h3-5,8-15,18,25H,6-7H2,1-2H3,(H,24,27)/t15-/m1/s1. The van der Waals surface area contributed by atoms with Crippen LogP contribution < -0.4 is 14.8 Å². The van der Waals surface area contributed by atoms with Crippen molar-refractivity contribution in [3.05, 3.63) is 72.3 Å². The predicted molar refractivity (Wildman–Crippen MR) is 116 cm³/mol. The lowest BCUT2D eigenvalue weighted by Gasteiger charge is -2.16. The number of carbonyl (C=O) groups is 1. The molecular formula is C22H24N4O4S. The van der Waals surface area contributed by atoms with Crippen molar-refractivity contribution >= 4 is 15.9 Å². The molecule has 0 bridgehead atoms. The quantitative estimate of drug-likeness (QED) is 0.561. The van der Waals surface area contributed by atoms with Crippen molar-refractivity contribution in [1.82, 2.24) is 19.6 Å². The molecule has 162 valence electrons. The highest BCUT2D eigenvalue weighted by Gasteiger charge is 2.30. The summed E-state index contributed by atoms with van der Waals surface area (Å²) in [7, 11) is -2.36. The lowest BCUT2D eigenvalue weighted by Crippen LogP contribution is -2.28. The first-order valence-electron chi connectivity index (χ1n) is 9.97. The maximum Gasteiger partial charge on any atom is 0.251 e. The number of aromatic nitrogens is 2. The average molecular weight is 441 g/mol. The summed E-state index contributed by atoms with van der Waals surface area (Å²) in [4.78, 5) is 16.8. The summed E-state index contributed by atoms with van der Waals surface area (Å²) in [5.41, 5.74) is 2.14. The minimum Gasteiger partial charge on any atom is -0.495 e. The van der Waals surface area contributed by atoms with Gasteiger partial charge in [-0.1, -0.05) is 12.1 Å². The minimum atomic E-state index is -3.77. The van der Waals surface area contributed by atoms with Crippen LogP contribution >= 0.6 is 0 Å². The van der Waals surface area contributed by atoms with E-state index in [1.54, 1.807) is 18.6 Å². The van der Waals surface area contributed by atoms with Crippen LogP contribution in [0.3, 0.4) is 0 Å². The van der Waals surface area contributed by atoms with Gasteiger partial charge in [-0.3, -0.25) is 4.79 Å². The Kier molecular flexibility index (Phi) is 5.79. The molecule has 2 aromatic carbocycles. The van der Waals surface area contributed by atoms with Gasteiger partial charge in [0.05, 0.1) is 19.5 Å². The summed E-state index contributed by atoms with van der Waals surface area (Å²) in [6.07, 6.45) is 6.92. The van der Waals surface area contributed by atoms with Crippen molar-refractivity contribution in [1.29, 1.82) is 0 Å². The molecule has 1 aliphatic carbocycles. The number of ether oxygens (including phenoxy) is 1. The third kappa shape index (κ3) is 4.78. The molecule has 4 rings (SSSR count). The molecule has 0 radical (unpaired) electrons. The van der Waals surface area contributed by atoms with E-state index in [4.69, 9.17) is 4.74 Å². The normalized spacial score (nSPS) is 14.8. The number of nitrogens with zero attached hydrogens (tertiary/aromatic N) is 2. The number of carbonyl (C=O) groups excluding carboxylic acids is 1. The molecule has 31 heavy (non-hydrogen) atoms. The topological polar surface area (TPSA) is 102 Å². The summed E-state index contributed by atoms with van der Waals surface area (Å²) < 4.78 is 35.1. The van der Waals surface area contributed by atoms with Gasteiger partial charge in [0.25, 0.3) is 5.91 Å². The van der Waals surface area contributed by atoms with Gasteiger partial charge >= 0.3 is 0 Å². The van der Waals surface area contributed by atoms with Crippen LogP contribution in [0.1, 0.15) is 41.7 Å². The van der Waals surface area contributed by atoms with E-state index in [1.807, 2.05) is 42.0 Å². The van der Waals surface area contributed by atoms with Crippen LogP contribution in [0.4, 0.5) is 0 Å². The first-order valence-corrected chi connectivity index (χ1v) is 11.5. The molecule has 1 atom stereocenters. The van der Waals surface area contributed by atoms with Crippen LogP contribution in [-0.2, 0) is 10.0 Å². The molecule has 8 nitrogen and oxygen atoms in total. The zero-order valence-corrected chi connectivity index (χ0v) is 18.1. The van der Waals surface area contributed by atoms with Gasteiger partial charge in [0.15, 0.2) is 0 Å². The molecule has 0 aliphatic heterocycles. The van der Waals surface area contributed by atoms with Gasteiger partial charge in [-0.2, -0.15) is 0 Å². The van der Waals surface area contributed by atoms with E-state index < -0.39 is 10.0 Å². The fraction of sp³-hybridized carbons (Fsp3) is 0.273. The Hall–Kier alpha value is -3.17. The second kappa shape index (κ2) is 8.52. The van der Waals surface area contributed by atoms with Crippen LogP contribution in [0.2, 0.25) is 0 Å². The first-order chi connectivity index (χ1) is 14.9. The van der Waals surface area contributed by atoms with Gasteiger partial charge in [-0.05, 0) is 55.7 Å². The summed E-state index contributed by atoms with van der Waals surface area (Å²) in [6, 6.07) is 11.9. The molecule has 1 fully saturated rings. The van der Waals surface area contributed by atoms with E-state index in [2.05, 4.69) is 15.0 Å². The molecule has 9 heteroatoms. The third-order valence-electron chi connectivity index (χ3n) is 5.16. The van der Waals surface area contributed by atoms with E-state index >= 15 is 0 Å². The summed E-state index contributed by atoms with van der Waals surface area (Å²) >= 11 is 0. The Bertz CT molecular complexity index is 1170. The maximum atomic E-state index is 12.8. The number of imidazole rings is 1. The minimum absolute atomic E-state index is 0.0353. The van der Waals surface area contributed by atoms with E-state index in [9.17, 15) is 13.2 Å². The number of rotatable bonds is 8. The Morgan fingerprint density at radius 1 is 1.19 bits per heavy atom.